The number of pyridine rings is 1. The topological polar surface area (TPSA) is 113 Å². The van der Waals surface area contributed by atoms with Gasteiger partial charge in [-0.2, -0.15) is 0 Å². The van der Waals surface area contributed by atoms with Crippen LogP contribution in [0.1, 0.15) is 54.0 Å². The zero-order chi connectivity index (χ0) is 29.8. The van der Waals surface area contributed by atoms with Gasteiger partial charge in [-0.15, -0.1) is 0 Å². The molecule has 0 aliphatic carbocycles. The molecule has 9 nitrogen and oxygen atoms in total. The Bertz CT molecular complexity index is 1350. The Balaban J connectivity index is 1.91. The van der Waals surface area contributed by atoms with Crippen LogP contribution in [0.4, 0.5) is 10.5 Å². The van der Waals surface area contributed by atoms with Crippen LogP contribution >= 0.6 is 0 Å². The second kappa shape index (κ2) is 11.9. The minimum absolute atomic E-state index is 0.198. The summed E-state index contributed by atoms with van der Waals surface area (Å²) in [6.45, 7) is 16.0. The molecule has 1 aliphatic heterocycles. The molecular weight excluding hydrogens is 506 g/mol. The van der Waals surface area contributed by atoms with E-state index >= 15 is 0 Å². The third-order valence-electron chi connectivity index (χ3n) is 7.32. The number of hydrogen-bond donors (Lipinski definition) is 3. The monoisotopic (exact) mass is 547 g/mol. The quantitative estimate of drug-likeness (QED) is 0.340. The van der Waals surface area contributed by atoms with E-state index in [9.17, 15) is 14.4 Å². The largest absolute Gasteiger partial charge is 0.495 e. The molecular formula is C31H41N5O4. The van der Waals surface area contributed by atoms with Crippen molar-refractivity contribution < 1.29 is 19.1 Å². The van der Waals surface area contributed by atoms with Gasteiger partial charge in [-0.25, -0.2) is 4.79 Å². The zero-order valence-corrected chi connectivity index (χ0v) is 25.0. The van der Waals surface area contributed by atoms with Gasteiger partial charge in [-0.3, -0.25) is 14.6 Å². The average Bonchev–Trinajstić information content (AvgIpc) is 2.88. The molecule has 1 fully saturated rings. The first-order chi connectivity index (χ1) is 18.6. The van der Waals surface area contributed by atoms with Gasteiger partial charge in [0, 0.05) is 30.0 Å². The van der Waals surface area contributed by atoms with E-state index < -0.39 is 11.6 Å². The molecule has 0 radical (unpaired) electrons. The maximum absolute atomic E-state index is 13.8. The lowest BCUT2D eigenvalue weighted by Gasteiger charge is -2.41. The molecule has 9 heteroatoms. The van der Waals surface area contributed by atoms with Crippen molar-refractivity contribution >= 4 is 23.5 Å². The summed E-state index contributed by atoms with van der Waals surface area (Å²) in [6, 6.07) is 8.79. The first kappa shape index (κ1) is 30.4. The number of aromatic nitrogens is 1. The Hall–Kier alpha value is -4.14. The van der Waals surface area contributed by atoms with Crippen LogP contribution in [-0.4, -0.2) is 53.5 Å². The number of rotatable bonds is 6. The number of carbonyl (C=O) groups excluding carboxylic acids is 3. The number of aryl methyl sites for hydroxylation is 1. The fourth-order valence-corrected chi connectivity index (χ4v) is 4.20. The molecule has 2 heterocycles. The van der Waals surface area contributed by atoms with Crippen molar-refractivity contribution in [2.75, 3.05) is 25.5 Å². The number of amides is 4. The van der Waals surface area contributed by atoms with Crippen molar-refractivity contribution in [3.63, 3.8) is 0 Å². The van der Waals surface area contributed by atoms with E-state index in [0.29, 0.717) is 35.8 Å². The number of hydrogen-bond acceptors (Lipinski definition) is 5. The van der Waals surface area contributed by atoms with Crippen molar-refractivity contribution in [3.05, 3.63) is 65.0 Å². The van der Waals surface area contributed by atoms with E-state index in [1.165, 1.54) is 0 Å². The van der Waals surface area contributed by atoms with E-state index in [1.807, 2.05) is 44.2 Å². The number of urea groups is 1. The van der Waals surface area contributed by atoms with Gasteiger partial charge in [0.25, 0.3) is 5.91 Å². The van der Waals surface area contributed by atoms with Crippen molar-refractivity contribution in [1.29, 1.82) is 0 Å². The van der Waals surface area contributed by atoms with E-state index in [-0.39, 0.29) is 17.2 Å². The molecule has 1 aromatic heterocycles. The Morgan fingerprint density at radius 3 is 2.45 bits per heavy atom. The molecule has 3 rings (SSSR count). The zero-order valence-electron chi connectivity index (χ0n) is 25.0. The molecule has 1 aromatic carbocycles. The minimum atomic E-state index is -1.03. The molecule has 0 atom stereocenters. The van der Waals surface area contributed by atoms with Crippen molar-refractivity contribution in [1.82, 2.24) is 20.5 Å². The molecule has 0 spiro atoms. The van der Waals surface area contributed by atoms with Crippen LogP contribution in [0.25, 0.3) is 11.3 Å². The summed E-state index contributed by atoms with van der Waals surface area (Å²) in [5, 5.41) is 8.53. The van der Waals surface area contributed by atoms with E-state index in [0.717, 1.165) is 22.4 Å². The van der Waals surface area contributed by atoms with Crippen LogP contribution in [-0.2, 0) is 9.59 Å². The smallest absolute Gasteiger partial charge is 0.323 e. The fourth-order valence-electron chi connectivity index (χ4n) is 4.20. The lowest BCUT2D eigenvalue weighted by atomic mass is 9.86. The number of ether oxygens (including phenoxy) is 1. The Kier molecular flexibility index (Phi) is 9.07. The number of carbonyl (C=O) groups is 3. The number of benzene rings is 1. The van der Waals surface area contributed by atoms with Crippen LogP contribution < -0.4 is 20.7 Å². The lowest BCUT2D eigenvalue weighted by Crippen LogP contribution is -2.63. The van der Waals surface area contributed by atoms with E-state index in [1.54, 1.807) is 45.1 Å². The molecule has 1 aliphatic rings. The molecule has 0 bridgehead atoms. The molecule has 0 unspecified atom stereocenters. The Morgan fingerprint density at radius 2 is 1.85 bits per heavy atom. The third kappa shape index (κ3) is 6.89. The minimum Gasteiger partial charge on any atom is -0.495 e. The van der Waals surface area contributed by atoms with Crippen LogP contribution in [0.15, 0.2) is 59.4 Å². The summed E-state index contributed by atoms with van der Waals surface area (Å²) >= 11 is 0. The molecule has 2 aromatic rings. The third-order valence-corrected chi connectivity index (χ3v) is 7.32. The number of piperazine rings is 1. The summed E-state index contributed by atoms with van der Waals surface area (Å²) < 4.78 is 5.20. The van der Waals surface area contributed by atoms with Crippen LogP contribution in [0.3, 0.4) is 0 Å². The standard InChI is InChI=1S/C31H41N5O4/c1-19-10-11-22(17-24(19)26-13-12-23(40-9)18-33-26)35-29(39)34-21(3)25(16-20(2)30(4,5)6)27(37)36-15-14-32-28(38)31(36,7)8/h10-13,16-18H,14-15H2,1-9H3,(H,32,38)(H2,34,35,39)/b20-16+,25-21-. The maximum atomic E-state index is 13.8. The molecule has 1 saturated heterocycles. The van der Waals surface area contributed by atoms with Crippen LogP contribution in [0.2, 0.25) is 0 Å². The highest BCUT2D eigenvalue weighted by Crippen LogP contribution is 2.29. The van der Waals surface area contributed by atoms with Gasteiger partial charge in [0.05, 0.1) is 24.6 Å². The number of allylic oxidation sites excluding steroid dienone is 2. The molecule has 214 valence electrons. The van der Waals surface area contributed by atoms with Gasteiger partial charge in [0.2, 0.25) is 5.91 Å². The van der Waals surface area contributed by atoms with Gasteiger partial charge in [0.1, 0.15) is 11.3 Å². The number of methoxy groups -OCH3 is 1. The summed E-state index contributed by atoms with van der Waals surface area (Å²) in [5.41, 5.74) is 3.66. The number of nitrogens with one attached hydrogen (secondary N) is 3. The Morgan fingerprint density at radius 1 is 1.15 bits per heavy atom. The predicted molar refractivity (Wildman–Crippen MR) is 158 cm³/mol. The van der Waals surface area contributed by atoms with Gasteiger partial charge in [-0.1, -0.05) is 32.4 Å². The normalized spacial score (nSPS) is 16.1. The lowest BCUT2D eigenvalue weighted by molar-refractivity contribution is -0.146. The molecule has 3 N–H and O–H groups in total. The van der Waals surface area contributed by atoms with Gasteiger partial charge < -0.3 is 25.6 Å². The fraction of sp³-hybridized carbons (Fsp3) is 0.419. The van der Waals surface area contributed by atoms with Crippen LogP contribution in [0.5, 0.6) is 5.75 Å². The first-order valence-electron chi connectivity index (χ1n) is 13.3. The van der Waals surface area contributed by atoms with Gasteiger partial charge in [0.15, 0.2) is 0 Å². The van der Waals surface area contributed by atoms with E-state index in [4.69, 9.17) is 4.74 Å². The van der Waals surface area contributed by atoms with Crippen LogP contribution in [0, 0.1) is 12.3 Å². The summed E-state index contributed by atoms with van der Waals surface area (Å²) in [6.07, 6.45) is 3.45. The molecule has 4 amide bonds. The van der Waals surface area contributed by atoms with Gasteiger partial charge >= 0.3 is 6.03 Å². The van der Waals surface area contributed by atoms with Crippen molar-refractivity contribution in [3.8, 4) is 17.0 Å². The number of anilines is 1. The second-order valence-electron chi connectivity index (χ2n) is 11.6. The average molecular weight is 548 g/mol. The SMILES string of the molecule is COc1ccc(-c2cc(NC(=O)N/C(C)=C(/C=C(\C)C(C)(C)C)C(=O)N3CCNC(=O)C3(C)C)ccc2C)nc1. The summed E-state index contributed by atoms with van der Waals surface area (Å²) in [7, 11) is 1.59. The number of nitrogens with zero attached hydrogens (tertiary/aromatic N) is 2. The first-order valence-corrected chi connectivity index (χ1v) is 13.3. The van der Waals surface area contributed by atoms with Crippen molar-refractivity contribution in [2.24, 2.45) is 5.41 Å². The van der Waals surface area contributed by atoms with Gasteiger partial charge in [-0.05, 0) is 75.9 Å². The highest BCUT2D eigenvalue weighted by Gasteiger charge is 2.41. The van der Waals surface area contributed by atoms with E-state index in [2.05, 4.69) is 41.7 Å². The maximum Gasteiger partial charge on any atom is 0.323 e. The summed E-state index contributed by atoms with van der Waals surface area (Å²) in [5.74, 6) is 0.129. The highest BCUT2D eigenvalue weighted by atomic mass is 16.5. The molecule has 40 heavy (non-hydrogen) atoms. The molecule has 0 saturated carbocycles. The highest BCUT2D eigenvalue weighted by molar-refractivity contribution is 6.02. The van der Waals surface area contributed by atoms with Crippen molar-refractivity contribution in [2.45, 2.75) is 60.9 Å². The summed E-state index contributed by atoms with van der Waals surface area (Å²) in [4.78, 5) is 45.5. The Labute approximate surface area is 237 Å². The predicted octanol–water partition coefficient (Wildman–Crippen LogP) is 5.19. The second-order valence-corrected chi connectivity index (χ2v) is 11.6.